The monoisotopic (exact) mass is 486 g/mol. The summed E-state index contributed by atoms with van der Waals surface area (Å²) >= 11 is 0. The van der Waals surface area contributed by atoms with Gasteiger partial charge in [-0.1, -0.05) is 121 Å². The smallest absolute Gasteiger partial charge is 0.204 e. The molecule has 2 aliphatic rings. The summed E-state index contributed by atoms with van der Waals surface area (Å²) in [4.78, 5) is 21.4. The van der Waals surface area contributed by atoms with Crippen molar-refractivity contribution in [2.24, 2.45) is 4.99 Å². The van der Waals surface area contributed by atoms with E-state index in [9.17, 15) is 4.79 Å². The lowest BCUT2D eigenvalue weighted by atomic mass is 9.76. The van der Waals surface area contributed by atoms with E-state index in [1.165, 1.54) is 0 Å². The highest BCUT2D eigenvalue weighted by Crippen LogP contribution is 2.53. The Morgan fingerprint density at radius 1 is 0.757 bits per heavy atom. The van der Waals surface area contributed by atoms with Gasteiger partial charge in [0, 0.05) is 5.56 Å². The van der Waals surface area contributed by atoms with Gasteiger partial charge in [0.25, 0.3) is 0 Å². The maximum Gasteiger partial charge on any atom is 0.204 e. The highest BCUT2D eigenvalue weighted by molar-refractivity contribution is 6.08. The Morgan fingerprint density at radius 3 is 1.59 bits per heavy atom. The number of carbonyl (C=O) groups excluding carboxylic acids is 1. The van der Waals surface area contributed by atoms with Crippen molar-refractivity contribution in [3.05, 3.63) is 144 Å². The summed E-state index contributed by atoms with van der Waals surface area (Å²) in [5.74, 6) is 0.722. The van der Waals surface area contributed by atoms with Crippen LogP contribution in [-0.4, -0.2) is 40.8 Å². The predicted molar refractivity (Wildman–Crippen MR) is 147 cm³/mol. The minimum absolute atomic E-state index is 0.0776. The molecule has 4 heteroatoms. The molecule has 1 saturated heterocycles. The number of hydrogen-bond acceptors (Lipinski definition) is 4. The molecule has 4 aromatic carbocycles. The van der Waals surface area contributed by atoms with Gasteiger partial charge in [0.2, 0.25) is 5.90 Å². The van der Waals surface area contributed by atoms with Crippen molar-refractivity contribution < 1.29 is 9.53 Å². The van der Waals surface area contributed by atoms with Gasteiger partial charge in [-0.15, -0.1) is 0 Å². The molecule has 37 heavy (non-hydrogen) atoms. The zero-order chi connectivity index (χ0) is 25.5. The zero-order valence-electron chi connectivity index (χ0n) is 21.1. The summed E-state index contributed by atoms with van der Waals surface area (Å²) in [5.41, 5.74) is 2.94. The van der Waals surface area contributed by atoms with E-state index in [1.54, 1.807) is 0 Å². The second-order valence-electron chi connectivity index (χ2n) is 10.4. The van der Waals surface area contributed by atoms with Crippen LogP contribution in [0.3, 0.4) is 0 Å². The van der Waals surface area contributed by atoms with Crippen LogP contribution in [0.4, 0.5) is 0 Å². The molecule has 184 valence electrons. The van der Waals surface area contributed by atoms with Gasteiger partial charge in [0.1, 0.15) is 18.7 Å². The molecule has 4 aromatic rings. The van der Waals surface area contributed by atoms with Crippen LogP contribution in [0.2, 0.25) is 0 Å². The van der Waals surface area contributed by atoms with Crippen LogP contribution in [0.5, 0.6) is 0 Å². The molecule has 0 radical (unpaired) electrons. The van der Waals surface area contributed by atoms with E-state index >= 15 is 0 Å². The van der Waals surface area contributed by atoms with Crippen molar-refractivity contribution >= 4 is 11.7 Å². The van der Waals surface area contributed by atoms with E-state index in [-0.39, 0.29) is 17.4 Å². The third-order valence-electron chi connectivity index (χ3n) is 7.34. The Morgan fingerprint density at radius 2 is 1.19 bits per heavy atom. The fourth-order valence-electron chi connectivity index (χ4n) is 5.70. The lowest BCUT2D eigenvalue weighted by molar-refractivity contribution is 0.0961. The quantitative estimate of drug-likeness (QED) is 0.179. The largest absolute Gasteiger partial charge is 0.477 e. The van der Waals surface area contributed by atoms with Crippen LogP contribution >= 0.6 is 0 Å². The summed E-state index contributed by atoms with van der Waals surface area (Å²) in [7, 11) is 0. The van der Waals surface area contributed by atoms with E-state index in [0.717, 1.165) is 16.7 Å². The second kappa shape index (κ2) is 9.13. The second-order valence-corrected chi connectivity index (χ2v) is 10.4. The summed E-state index contributed by atoms with van der Waals surface area (Å²) < 4.78 is 6.20. The number of rotatable bonds is 7. The summed E-state index contributed by atoms with van der Waals surface area (Å²) in [6.07, 6.45) is 0. The van der Waals surface area contributed by atoms with Crippen molar-refractivity contribution in [3.8, 4) is 0 Å². The molecule has 0 spiro atoms. The molecule has 0 amide bonds. The van der Waals surface area contributed by atoms with Crippen molar-refractivity contribution in [2.75, 3.05) is 6.61 Å². The molecule has 4 nitrogen and oxygen atoms in total. The van der Waals surface area contributed by atoms with Crippen molar-refractivity contribution in [3.63, 3.8) is 0 Å². The van der Waals surface area contributed by atoms with Crippen molar-refractivity contribution in [2.45, 2.75) is 37.0 Å². The van der Waals surface area contributed by atoms with Gasteiger partial charge in [-0.25, -0.2) is 4.99 Å². The summed E-state index contributed by atoms with van der Waals surface area (Å²) in [6.45, 7) is 4.65. The molecule has 0 aliphatic carbocycles. The molecular formula is C33H30N2O2. The molecule has 2 aliphatic heterocycles. The van der Waals surface area contributed by atoms with E-state index in [2.05, 4.69) is 91.5 Å². The van der Waals surface area contributed by atoms with Gasteiger partial charge < -0.3 is 4.74 Å². The minimum Gasteiger partial charge on any atom is -0.477 e. The van der Waals surface area contributed by atoms with Crippen molar-refractivity contribution in [1.82, 2.24) is 4.90 Å². The van der Waals surface area contributed by atoms with Gasteiger partial charge in [-0.3, -0.25) is 9.69 Å². The first-order valence-corrected chi connectivity index (χ1v) is 12.8. The highest BCUT2D eigenvalue weighted by atomic mass is 16.5. The molecule has 0 bridgehead atoms. The topological polar surface area (TPSA) is 41.7 Å². The van der Waals surface area contributed by atoms with Gasteiger partial charge >= 0.3 is 0 Å². The lowest BCUT2D eigenvalue weighted by Gasteiger charge is -2.38. The number of ketones is 1. The predicted octanol–water partition coefficient (Wildman–Crippen LogP) is 6.12. The highest BCUT2D eigenvalue weighted by Gasteiger charge is 2.66. The van der Waals surface area contributed by atoms with Gasteiger partial charge in [0.15, 0.2) is 5.78 Å². The molecule has 2 heterocycles. The number of carbonyl (C=O) groups is 1. The number of benzene rings is 4. The maximum absolute atomic E-state index is 14.1. The summed E-state index contributed by atoms with van der Waals surface area (Å²) in [5, 5.41) is 0. The number of Topliss-reactive ketones (excluding diaryl/α,β-unsaturated/α-hetero) is 1. The average molecular weight is 487 g/mol. The normalized spacial score (nSPS) is 22.1. The van der Waals surface area contributed by atoms with E-state index in [1.807, 2.05) is 48.5 Å². The van der Waals surface area contributed by atoms with E-state index in [4.69, 9.17) is 9.73 Å². The van der Waals surface area contributed by atoms with Crippen LogP contribution in [0, 0.1) is 0 Å². The van der Waals surface area contributed by atoms with Crippen LogP contribution < -0.4 is 0 Å². The molecule has 6 rings (SSSR count). The van der Waals surface area contributed by atoms with E-state index in [0.29, 0.717) is 18.1 Å². The van der Waals surface area contributed by atoms with Crippen LogP contribution in [0.25, 0.3) is 0 Å². The number of hydrogen-bond donors (Lipinski definition) is 0. The standard InChI is InChI=1S/C33H30N2O2/c1-32(2)23-37-31(34-32)29-28(30(36)24-15-7-3-8-16-24)35(29)33(25-17-9-4-10-18-25,26-19-11-5-12-20-26)27-21-13-6-14-22-27/h3-22,28-29H,23H2,1-2H3/t28-,29+,35?/m1/s1. The minimum atomic E-state index is -0.720. The maximum atomic E-state index is 14.1. The lowest BCUT2D eigenvalue weighted by Crippen LogP contribution is -2.41. The Kier molecular flexibility index (Phi) is 5.77. The van der Waals surface area contributed by atoms with Crippen LogP contribution in [0.1, 0.15) is 40.9 Å². The number of aliphatic imine (C=N–C) groups is 1. The van der Waals surface area contributed by atoms with Crippen LogP contribution in [0.15, 0.2) is 126 Å². The Hall–Kier alpha value is -4.02. The molecule has 3 atom stereocenters. The molecule has 1 fully saturated rings. The SMILES string of the molecule is CC1(C)COC([C@@H]2[C@H](C(=O)c3ccccc3)N2C(c2ccccc2)(c2ccccc2)c2ccccc2)=N1. The van der Waals surface area contributed by atoms with E-state index < -0.39 is 11.6 Å². The Balaban J connectivity index is 1.61. The van der Waals surface area contributed by atoms with Gasteiger partial charge in [-0.05, 0) is 30.5 Å². The molecular weight excluding hydrogens is 456 g/mol. The number of ether oxygens (including phenoxy) is 1. The first kappa shape index (κ1) is 23.4. The Bertz CT molecular complexity index is 1320. The first-order valence-electron chi connectivity index (χ1n) is 12.8. The van der Waals surface area contributed by atoms with Crippen LogP contribution in [-0.2, 0) is 10.3 Å². The third-order valence-corrected chi connectivity index (χ3v) is 7.34. The molecule has 0 N–H and O–H groups in total. The van der Waals surface area contributed by atoms with Crippen molar-refractivity contribution in [1.29, 1.82) is 0 Å². The molecule has 1 unspecified atom stereocenters. The summed E-state index contributed by atoms with van der Waals surface area (Å²) in [6, 6.07) is 40.3. The van der Waals surface area contributed by atoms with Gasteiger partial charge in [-0.2, -0.15) is 0 Å². The zero-order valence-corrected chi connectivity index (χ0v) is 21.1. The number of nitrogens with zero attached hydrogens (tertiary/aromatic N) is 2. The first-order chi connectivity index (χ1) is 18.0. The van der Waals surface area contributed by atoms with Gasteiger partial charge in [0.05, 0.1) is 11.1 Å². The molecule has 0 aromatic heterocycles. The fourth-order valence-corrected chi connectivity index (χ4v) is 5.70. The average Bonchev–Trinajstić information content (AvgIpc) is 3.58. The molecule has 0 saturated carbocycles. The third kappa shape index (κ3) is 3.98. The fraction of sp³-hybridized carbons (Fsp3) is 0.212. The Labute approximate surface area is 218 Å².